The van der Waals surface area contributed by atoms with E-state index in [1.165, 1.54) is 51.6 Å². The van der Waals surface area contributed by atoms with Crippen molar-refractivity contribution in [3.05, 3.63) is 0 Å². The first kappa shape index (κ1) is 12.4. The SMILES string of the molecule is CCC1CCCCC12CCNCC2C(C)C. The third-order valence-corrected chi connectivity index (χ3v) is 5.43. The standard InChI is InChI=1S/C15H29N/c1-4-13-7-5-6-8-15(13)9-10-16-11-14(15)12(2)3/h12-14,16H,4-11H2,1-3H3. The van der Waals surface area contributed by atoms with E-state index in [0.29, 0.717) is 5.41 Å². The molecule has 94 valence electrons. The van der Waals surface area contributed by atoms with Crippen LogP contribution >= 0.6 is 0 Å². The highest BCUT2D eigenvalue weighted by Crippen LogP contribution is 2.53. The van der Waals surface area contributed by atoms with Crippen molar-refractivity contribution in [3.63, 3.8) is 0 Å². The maximum atomic E-state index is 3.63. The molecule has 1 saturated heterocycles. The lowest BCUT2D eigenvalue weighted by Crippen LogP contribution is -2.52. The van der Waals surface area contributed by atoms with Gasteiger partial charge >= 0.3 is 0 Å². The van der Waals surface area contributed by atoms with E-state index in [1.807, 2.05) is 0 Å². The Kier molecular flexibility index (Phi) is 3.94. The van der Waals surface area contributed by atoms with Gasteiger partial charge in [-0.3, -0.25) is 0 Å². The molecule has 1 aliphatic heterocycles. The van der Waals surface area contributed by atoms with Crippen LogP contribution in [0, 0.1) is 23.2 Å². The van der Waals surface area contributed by atoms with Crippen molar-refractivity contribution in [1.29, 1.82) is 0 Å². The molecule has 0 bridgehead atoms. The van der Waals surface area contributed by atoms with Crippen LogP contribution in [0.2, 0.25) is 0 Å². The van der Waals surface area contributed by atoms with Gasteiger partial charge < -0.3 is 5.32 Å². The molecule has 1 saturated carbocycles. The van der Waals surface area contributed by atoms with Crippen LogP contribution < -0.4 is 5.32 Å². The molecule has 2 aliphatic rings. The summed E-state index contributed by atoms with van der Waals surface area (Å²) in [7, 11) is 0. The van der Waals surface area contributed by atoms with Gasteiger partial charge in [-0.2, -0.15) is 0 Å². The molecule has 0 amide bonds. The average molecular weight is 223 g/mol. The van der Waals surface area contributed by atoms with Crippen molar-refractivity contribution < 1.29 is 0 Å². The maximum Gasteiger partial charge on any atom is -0.00126 e. The summed E-state index contributed by atoms with van der Waals surface area (Å²) < 4.78 is 0. The first-order chi connectivity index (χ1) is 7.70. The lowest BCUT2D eigenvalue weighted by atomic mass is 9.54. The van der Waals surface area contributed by atoms with E-state index in [9.17, 15) is 0 Å². The Labute approximate surface area is 101 Å². The van der Waals surface area contributed by atoms with Gasteiger partial charge in [0.05, 0.1) is 0 Å². The van der Waals surface area contributed by atoms with Crippen LogP contribution in [0.25, 0.3) is 0 Å². The van der Waals surface area contributed by atoms with Crippen LogP contribution in [0.4, 0.5) is 0 Å². The summed E-state index contributed by atoms with van der Waals surface area (Å²) in [6, 6.07) is 0. The van der Waals surface area contributed by atoms with Gasteiger partial charge in [0.2, 0.25) is 0 Å². The topological polar surface area (TPSA) is 12.0 Å². The Morgan fingerprint density at radius 1 is 1.25 bits per heavy atom. The lowest BCUT2D eigenvalue weighted by molar-refractivity contribution is -0.0267. The van der Waals surface area contributed by atoms with Crippen molar-refractivity contribution in [2.75, 3.05) is 13.1 Å². The van der Waals surface area contributed by atoms with Crippen LogP contribution in [0.1, 0.15) is 59.3 Å². The summed E-state index contributed by atoms with van der Waals surface area (Å²) in [5.74, 6) is 2.78. The number of hydrogen-bond acceptors (Lipinski definition) is 1. The third kappa shape index (κ3) is 2.03. The highest BCUT2D eigenvalue weighted by atomic mass is 14.9. The van der Waals surface area contributed by atoms with Gasteiger partial charge in [0.1, 0.15) is 0 Å². The third-order valence-electron chi connectivity index (χ3n) is 5.43. The molecule has 0 aromatic heterocycles. The largest absolute Gasteiger partial charge is 0.316 e. The first-order valence-electron chi connectivity index (χ1n) is 7.41. The van der Waals surface area contributed by atoms with Crippen LogP contribution in [0.5, 0.6) is 0 Å². The molecule has 1 N–H and O–H groups in total. The Hall–Kier alpha value is -0.0400. The first-order valence-corrected chi connectivity index (χ1v) is 7.41. The monoisotopic (exact) mass is 223 g/mol. The molecule has 0 aromatic rings. The normalized spacial score (nSPS) is 40.5. The zero-order valence-corrected chi connectivity index (χ0v) is 11.4. The van der Waals surface area contributed by atoms with E-state index < -0.39 is 0 Å². The van der Waals surface area contributed by atoms with Gasteiger partial charge in [-0.25, -0.2) is 0 Å². The summed E-state index contributed by atoms with van der Waals surface area (Å²) in [6.45, 7) is 9.81. The fourth-order valence-corrected chi connectivity index (χ4v) is 4.63. The fraction of sp³-hybridized carbons (Fsp3) is 1.00. The fourth-order valence-electron chi connectivity index (χ4n) is 4.63. The number of piperidine rings is 1. The van der Waals surface area contributed by atoms with Crippen molar-refractivity contribution in [3.8, 4) is 0 Å². The molecule has 3 atom stereocenters. The van der Waals surface area contributed by atoms with E-state index in [1.54, 1.807) is 0 Å². The van der Waals surface area contributed by atoms with Crippen molar-refractivity contribution in [2.24, 2.45) is 23.2 Å². The molecule has 0 radical (unpaired) electrons. The van der Waals surface area contributed by atoms with Gasteiger partial charge in [0.15, 0.2) is 0 Å². The molecule has 1 spiro atoms. The number of rotatable bonds is 2. The number of hydrogen-bond donors (Lipinski definition) is 1. The summed E-state index contributed by atoms with van der Waals surface area (Å²) in [5, 5.41) is 3.63. The Bertz CT molecular complexity index is 217. The van der Waals surface area contributed by atoms with Crippen molar-refractivity contribution in [1.82, 2.24) is 5.32 Å². The second-order valence-electron chi connectivity index (χ2n) is 6.39. The van der Waals surface area contributed by atoms with Crippen LogP contribution in [0.3, 0.4) is 0 Å². The second kappa shape index (κ2) is 5.08. The summed E-state index contributed by atoms with van der Waals surface area (Å²) in [6.07, 6.45) is 8.82. The van der Waals surface area contributed by atoms with E-state index in [4.69, 9.17) is 0 Å². The Balaban J connectivity index is 2.22. The van der Waals surface area contributed by atoms with E-state index >= 15 is 0 Å². The van der Waals surface area contributed by atoms with E-state index in [2.05, 4.69) is 26.1 Å². The molecule has 1 heterocycles. The summed E-state index contributed by atoms with van der Waals surface area (Å²) in [5.41, 5.74) is 0.701. The maximum absolute atomic E-state index is 3.63. The van der Waals surface area contributed by atoms with Crippen LogP contribution in [-0.4, -0.2) is 13.1 Å². The molecule has 1 aliphatic carbocycles. The number of nitrogens with one attached hydrogen (secondary N) is 1. The zero-order valence-electron chi connectivity index (χ0n) is 11.4. The van der Waals surface area contributed by atoms with Gasteiger partial charge in [-0.1, -0.05) is 40.0 Å². The molecule has 3 unspecified atom stereocenters. The van der Waals surface area contributed by atoms with Crippen LogP contribution in [-0.2, 0) is 0 Å². The molecule has 1 heteroatoms. The summed E-state index contributed by atoms with van der Waals surface area (Å²) >= 11 is 0. The molecule has 16 heavy (non-hydrogen) atoms. The molecule has 2 fully saturated rings. The quantitative estimate of drug-likeness (QED) is 0.750. The predicted octanol–water partition coefficient (Wildman–Crippen LogP) is 3.84. The van der Waals surface area contributed by atoms with Crippen molar-refractivity contribution in [2.45, 2.75) is 59.3 Å². The highest BCUT2D eigenvalue weighted by Gasteiger charge is 2.47. The molecule has 0 aromatic carbocycles. The van der Waals surface area contributed by atoms with Gasteiger partial charge in [-0.05, 0) is 55.5 Å². The van der Waals surface area contributed by atoms with Gasteiger partial charge in [0.25, 0.3) is 0 Å². The van der Waals surface area contributed by atoms with Gasteiger partial charge in [0, 0.05) is 0 Å². The molecule has 1 nitrogen and oxygen atoms in total. The minimum absolute atomic E-state index is 0.701. The minimum Gasteiger partial charge on any atom is -0.316 e. The smallest absolute Gasteiger partial charge is 0.00126 e. The predicted molar refractivity (Wildman–Crippen MR) is 70.5 cm³/mol. The van der Waals surface area contributed by atoms with E-state index in [0.717, 1.165) is 17.8 Å². The summed E-state index contributed by atoms with van der Waals surface area (Å²) in [4.78, 5) is 0. The van der Waals surface area contributed by atoms with E-state index in [-0.39, 0.29) is 0 Å². The highest BCUT2D eigenvalue weighted by molar-refractivity contribution is 4.98. The second-order valence-corrected chi connectivity index (χ2v) is 6.39. The van der Waals surface area contributed by atoms with Crippen molar-refractivity contribution >= 4 is 0 Å². The molecular formula is C15H29N. The minimum atomic E-state index is 0.701. The van der Waals surface area contributed by atoms with Crippen LogP contribution in [0.15, 0.2) is 0 Å². The lowest BCUT2D eigenvalue weighted by Gasteiger charge is -2.53. The Morgan fingerprint density at radius 3 is 2.75 bits per heavy atom. The Morgan fingerprint density at radius 2 is 2.06 bits per heavy atom. The zero-order chi connectivity index (χ0) is 11.6. The van der Waals surface area contributed by atoms with Gasteiger partial charge in [-0.15, -0.1) is 0 Å². The molecular weight excluding hydrogens is 194 g/mol. The molecule has 2 rings (SSSR count). The average Bonchev–Trinajstić information content (AvgIpc) is 2.30.